The van der Waals surface area contributed by atoms with Crippen molar-refractivity contribution in [3.05, 3.63) is 77.9 Å². The van der Waals surface area contributed by atoms with E-state index in [2.05, 4.69) is 0 Å². The molecular formula is C23H20O5. The Hall–Kier alpha value is -3.60. The van der Waals surface area contributed by atoms with Crippen LogP contribution in [0.4, 0.5) is 0 Å². The molecule has 3 aromatic carbocycles. The van der Waals surface area contributed by atoms with Gasteiger partial charge in [0.15, 0.2) is 17.3 Å². The van der Waals surface area contributed by atoms with Gasteiger partial charge < -0.3 is 14.2 Å². The molecule has 0 aliphatic carbocycles. The first-order valence-electron chi connectivity index (χ1n) is 8.68. The van der Waals surface area contributed by atoms with E-state index in [1.807, 2.05) is 42.5 Å². The van der Waals surface area contributed by atoms with Gasteiger partial charge in [0.1, 0.15) is 5.75 Å². The lowest BCUT2D eigenvalue weighted by Gasteiger charge is -2.14. The average molecular weight is 376 g/mol. The first-order chi connectivity index (χ1) is 13.5. The lowest BCUT2D eigenvalue weighted by Crippen LogP contribution is -2.09. The standard InChI is InChI=1S/C23H20O5/c1-15(24)28-20-14-22(27-3)21(26-2)13-19(20)23(25)18-11-9-17(10-12-18)16-7-5-4-6-8-16/h4-14H,1-3H3. The van der Waals surface area contributed by atoms with Crippen molar-refractivity contribution in [1.82, 2.24) is 0 Å². The molecule has 0 spiro atoms. The molecule has 0 saturated heterocycles. The molecule has 0 N–H and O–H groups in total. The van der Waals surface area contributed by atoms with Crippen LogP contribution in [0.5, 0.6) is 17.2 Å². The monoisotopic (exact) mass is 376 g/mol. The van der Waals surface area contributed by atoms with Gasteiger partial charge in [0.05, 0.1) is 19.8 Å². The molecule has 0 saturated carbocycles. The zero-order chi connectivity index (χ0) is 20.1. The molecule has 3 aromatic rings. The van der Waals surface area contributed by atoms with Gasteiger partial charge in [-0.3, -0.25) is 9.59 Å². The van der Waals surface area contributed by atoms with Crippen molar-refractivity contribution in [3.63, 3.8) is 0 Å². The largest absolute Gasteiger partial charge is 0.493 e. The average Bonchev–Trinajstić information content (AvgIpc) is 2.73. The summed E-state index contributed by atoms with van der Waals surface area (Å²) in [6.45, 7) is 1.28. The summed E-state index contributed by atoms with van der Waals surface area (Å²) in [7, 11) is 2.95. The Morgan fingerprint density at radius 3 is 1.86 bits per heavy atom. The molecular weight excluding hydrogens is 356 g/mol. The van der Waals surface area contributed by atoms with Crippen molar-refractivity contribution in [3.8, 4) is 28.4 Å². The Balaban J connectivity index is 2.00. The number of carbonyl (C=O) groups is 2. The molecule has 28 heavy (non-hydrogen) atoms. The van der Waals surface area contributed by atoms with Gasteiger partial charge in [-0.25, -0.2) is 0 Å². The Morgan fingerprint density at radius 2 is 1.29 bits per heavy atom. The van der Waals surface area contributed by atoms with Crippen LogP contribution in [0, 0.1) is 0 Å². The van der Waals surface area contributed by atoms with Crippen molar-refractivity contribution in [2.75, 3.05) is 14.2 Å². The molecule has 5 nitrogen and oxygen atoms in total. The fraction of sp³-hybridized carbons (Fsp3) is 0.130. The fourth-order valence-electron chi connectivity index (χ4n) is 2.88. The van der Waals surface area contributed by atoms with E-state index < -0.39 is 5.97 Å². The van der Waals surface area contributed by atoms with Crippen molar-refractivity contribution < 1.29 is 23.8 Å². The third-order valence-corrected chi connectivity index (χ3v) is 4.24. The number of ketones is 1. The molecule has 142 valence electrons. The Morgan fingerprint density at radius 1 is 0.714 bits per heavy atom. The SMILES string of the molecule is COc1cc(OC(C)=O)c(C(=O)c2ccc(-c3ccccc3)cc2)cc1OC. The van der Waals surface area contributed by atoms with E-state index in [1.54, 1.807) is 12.1 Å². The summed E-state index contributed by atoms with van der Waals surface area (Å²) >= 11 is 0. The van der Waals surface area contributed by atoms with Crippen LogP contribution in [-0.2, 0) is 4.79 Å². The van der Waals surface area contributed by atoms with Crippen LogP contribution in [0.1, 0.15) is 22.8 Å². The summed E-state index contributed by atoms with van der Waals surface area (Å²) in [5.74, 6) is 0.0668. The van der Waals surface area contributed by atoms with Gasteiger partial charge in [-0.1, -0.05) is 54.6 Å². The highest BCUT2D eigenvalue weighted by atomic mass is 16.5. The first kappa shape index (κ1) is 19.2. The summed E-state index contributed by atoms with van der Waals surface area (Å²) in [5, 5.41) is 0. The zero-order valence-corrected chi connectivity index (χ0v) is 15.9. The number of methoxy groups -OCH3 is 2. The number of benzene rings is 3. The van der Waals surface area contributed by atoms with Gasteiger partial charge in [0.2, 0.25) is 0 Å². The molecule has 0 aliphatic heterocycles. The van der Waals surface area contributed by atoms with Gasteiger partial charge in [-0.05, 0) is 17.2 Å². The number of hydrogen-bond donors (Lipinski definition) is 0. The zero-order valence-electron chi connectivity index (χ0n) is 15.9. The van der Waals surface area contributed by atoms with Gasteiger partial charge in [-0.15, -0.1) is 0 Å². The minimum atomic E-state index is -0.527. The summed E-state index contributed by atoms with van der Waals surface area (Å²) in [4.78, 5) is 24.6. The molecule has 0 bridgehead atoms. The normalized spacial score (nSPS) is 10.2. The molecule has 0 atom stereocenters. The molecule has 3 rings (SSSR count). The smallest absolute Gasteiger partial charge is 0.308 e. The maximum absolute atomic E-state index is 13.1. The highest BCUT2D eigenvalue weighted by Gasteiger charge is 2.20. The topological polar surface area (TPSA) is 61.8 Å². The van der Waals surface area contributed by atoms with Gasteiger partial charge in [0.25, 0.3) is 0 Å². The minimum Gasteiger partial charge on any atom is -0.493 e. The quantitative estimate of drug-likeness (QED) is 0.359. The summed E-state index contributed by atoms with van der Waals surface area (Å²) in [5.41, 5.74) is 2.76. The second kappa shape index (κ2) is 8.39. The Labute approximate surface area is 163 Å². The molecule has 0 amide bonds. The minimum absolute atomic E-state index is 0.127. The van der Waals surface area contributed by atoms with Crippen LogP contribution in [-0.4, -0.2) is 26.0 Å². The number of hydrogen-bond acceptors (Lipinski definition) is 5. The van der Waals surface area contributed by atoms with Crippen molar-refractivity contribution in [2.45, 2.75) is 6.92 Å². The van der Waals surface area contributed by atoms with Gasteiger partial charge >= 0.3 is 5.97 Å². The molecule has 0 fully saturated rings. The van der Waals surface area contributed by atoms with Crippen LogP contribution in [0.3, 0.4) is 0 Å². The predicted octanol–water partition coefficient (Wildman–Crippen LogP) is 4.53. The van der Waals surface area contributed by atoms with Crippen LogP contribution in [0.2, 0.25) is 0 Å². The fourth-order valence-corrected chi connectivity index (χ4v) is 2.88. The number of esters is 1. The summed E-state index contributed by atoms with van der Waals surface area (Å²) in [6, 6.07) is 20.1. The van der Waals surface area contributed by atoms with E-state index in [-0.39, 0.29) is 17.1 Å². The molecule has 0 heterocycles. The lowest BCUT2D eigenvalue weighted by molar-refractivity contribution is -0.131. The second-order valence-electron chi connectivity index (χ2n) is 6.07. The number of ether oxygens (including phenoxy) is 3. The van der Waals surface area contributed by atoms with Gasteiger partial charge in [0, 0.05) is 18.6 Å². The highest BCUT2D eigenvalue weighted by Crippen LogP contribution is 2.36. The maximum Gasteiger partial charge on any atom is 0.308 e. The maximum atomic E-state index is 13.1. The molecule has 0 radical (unpaired) electrons. The Bertz CT molecular complexity index is 992. The van der Waals surface area contributed by atoms with Crippen LogP contribution in [0.15, 0.2) is 66.7 Å². The third-order valence-electron chi connectivity index (χ3n) is 4.24. The van der Waals surface area contributed by atoms with E-state index in [0.29, 0.717) is 17.1 Å². The predicted molar refractivity (Wildman–Crippen MR) is 106 cm³/mol. The lowest BCUT2D eigenvalue weighted by atomic mass is 9.98. The van der Waals surface area contributed by atoms with Crippen LogP contribution in [0.25, 0.3) is 11.1 Å². The van der Waals surface area contributed by atoms with Crippen LogP contribution < -0.4 is 14.2 Å². The number of carbonyl (C=O) groups excluding carboxylic acids is 2. The van der Waals surface area contributed by atoms with Crippen LogP contribution >= 0.6 is 0 Å². The van der Waals surface area contributed by atoms with Crippen molar-refractivity contribution >= 4 is 11.8 Å². The van der Waals surface area contributed by atoms with E-state index >= 15 is 0 Å². The first-order valence-corrected chi connectivity index (χ1v) is 8.68. The van der Waals surface area contributed by atoms with E-state index in [1.165, 1.54) is 33.3 Å². The van der Waals surface area contributed by atoms with Crippen molar-refractivity contribution in [1.29, 1.82) is 0 Å². The van der Waals surface area contributed by atoms with E-state index in [9.17, 15) is 9.59 Å². The van der Waals surface area contributed by atoms with Gasteiger partial charge in [-0.2, -0.15) is 0 Å². The summed E-state index contributed by atoms with van der Waals surface area (Å²) < 4.78 is 15.7. The highest BCUT2D eigenvalue weighted by molar-refractivity contribution is 6.11. The van der Waals surface area contributed by atoms with E-state index in [0.717, 1.165) is 11.1 Å². The molecule has 0 aliphatic rings. The third kappa shape index (κ3) is 4.04. The molecule has 0 unspecified atom stereocenters. The second-order valence-corrected chi connectivity index (χ2v) is 6.07. The van der Waals surface area contributed by atoms with Crippen molar-refractivity contribution in [2.24, 2.45) is 0 Å². The summed E-state index contributed by atoms with van der Waals surface area (Å²) in [6.07, 6.45) is 0. The number of rotatable bonds is 6. The van der Waals surface area contributed by atoms with E-state index in [4.69, 9.17) is 14.2 Å². The molecule has 5 heteroatoms. The Kier molecular flexibility index (Phi) is 5.75. The molecule has 0 aromatic heterocycles.